The lowest BCUT2D eigenvalue weighted by Crippen LogP contribution is -2.37. The van der Waals surface area contributed by atoms with Gasteiger partial charge in [-0.1, -0.05) is 12.2 Å². The van der Waals surface area contributed by atoms with E-state index in [1.807, 2.05) is 19.9 Å². The van der Waals surface area contributed by atoms with Gasteiger partial charge in [0.2, 0.25) is 0 Å². The van der Waals surface area contributed by atoms with Crippen molar-refractivity contribution in [3.05, 3.63) is 22.5 Å². The van der Waals surface area contributed by atoms with Crippen LogP contribution in [0.5, 0.6) is 0 Å². The third-order valence-electron chi connectivity index (χ3n) is 6.17. The van der Waals surface area contributed by atoms with E-state index in [-0.39, 0.29) is 0 Å². The Hall–Kier alpha value is -1.54. The van der Waals surface area contributed by atoms with E-state index in [1.165, 1.54) is 19.4 Å². The molecule has 2 atom stereocenters. The van der Waals surface area contributed by atoms with Crippen molar-refractivity contribution < 1.29 is 18.9 Å². The predicted octanol–water partition coefficient (Wildman–Crippen LogP) is 3.92. The Labute approximate surface area is 216 Å². The van der Waals surface area contributed by atoms with E-state index in [1.54, 1.807) is 6.20 Å². The molecule has 0 spiro atoms. The number of hydrogen-bond donors (Lipinski definition) is 2. The smallest absolute Gasteiger partial charge is 0.123 e. The number of ether oxygens (including phenoxy) is 4. The van der Waals surface area contributed by atoms with Crippen LogP contribution in [0.15, 0.2) is 12.3 Å². The molecule has 9 heteroatoms. The zero-order chi connectivity index (χ0) is 25.1. The number of nitrogens with one attached hydrogen (secondary N) is 2. The Morgan fingerprint density at radius 3 is 2.29 bits per heavy atom. The molecule has 2 saturated heterocycles. The monoisotopic (exact) mass is 508 g/mol. The second-order valence-electron chi connectivity index (χ2n) is 8.89. The van der Waals surface area contributed by atoms with Gasteiger partial charge in [0.25, 0.3) is 0 Å². The molecule has 0 radical (unpaired) electrons. The number of nitriles is 1. The number of aromatic nitrogens is 1. The molecule has 2 unspecified atom stereocenters. The highest BCUT2D eigenvalue weighted by molar-refractivity contribution is 7.71. The number of nitrogens with zero attached hydrogens (tertiary/aromatic N) is 2. The van der Waals surface area contributed by atoms with Crippen LogP contribution in [0.3, 0.4) is 0 Å². The molecule has 198 valence electrons. The Bertz CT molecular complexity index is 779. The van der Waals surface area contributed by atoms with Gasteiger partial charge < -0.3 is 34.1 Å². The number of piperidine rings is 2. The first kappa shape index (κ1) is 29.7. The zero-order valence-corrected chi connectivity index (χ0v) is 22.4. The minimum absolute atomic E-state index is 0.486. The summed E-state index contributed by atoms with van der Waals surface area (Å²) >= 11 is 5.20. The van der Waals surface area contributed by atoms with Gasteiger partial charge in [-0.3, -0.25) is 0 Å². The van der Waals surface area contributed by atoms with E-state index in [4.69, 9.17) is 31.2 Å². The summed E-state index contributed by atoms with van der Waals surface area (Å²) in [7, 11) is 0. The van der Waals surface area contributed by atoms with Crippen LogP contribution in [-0.2, 0) is 18.9 Å². The fourth-order valence-corrected chi connectivity index (χ4v) is 4.57. The number of pyridine rings is 1. The highest BCUT2D eigenvalue weighted by atomic mass is 32.1. The molecule has 2 aliphatic heterocycles. The maximum Gasteiger partial charge on any atom is 0.123 e. The van der Waals surface area contributed by atoms with Gasteiger partial charge in [-0.25, -0.2) is 0 Å². The van der Waals surface area contributed by atoms with E-state index >= 15 is 0 Å². The highest BCUT2D eigenvalue weighted by Gasteiger charge is 2.22. The number of rotatable bonds is 13. The van der Waals surface area contributed by atoms with Crippen LogP contribution in [-0.4, -0.2) is 84.0 Å². The van der Waals surface area contributed by atoms with Crippen LogP contribution >= 0.6 is 12.2 Å². The third kappa shape index (κ3) is 11.8. The summed E-state index contributed by atoms with van der Waals surface area (Å²) in [6.45, 7) is 14.1. The van der Waals surface area contributed by atoms with E-state index in [9.17, 15) is 5.26 Å². The van der Waals surface area contributed by atoms with Crippen LogP contribution in [0.25, 0.3) is 0 Å². The molecular weight excluding hydrogens is 464 g/mol. The van der Waals surface area contributed by atoms with Gasteiger partial charge in [-0.2, -0.15) is 5.26 Å². The van der Waals surface area contributed by atoms with Gasteiger partial charge in [0.05, 0.1) is 45.3 Å². The Balaban J connectivity index is 0.000000283. The van der Waals surface area contributed by atoms with Gasteiger partial charge in [0.15, 0.2) is 0 Å². The van der Waals surface area contributed by atoms with Crippen molar-refractivity contribution in [2.45, 2.75) is 39.5 Å². The largest absolute Gasteiger partial charge is 0.379 e. The lowest BCUT2D eigenvalue weighted by molar-refractivity contribution is 0.0336. The maximum absolute atomic E-state index is 9.32. The van der Waals surface area contributed by atoms with Gasteiger partial charge in [-0.05, 0) is 64.0 Å². The van der Waals surface area contributed by atoms with Crippen LogP contribution in [0.1, 0.15) is 45.1 Å². The Morgan fingerprint density at radius 1 is 1.00 bits per heavy atom. The first-order valence-corrected chi connectivity index (χ1v) is 13.5. The normalized spacial score (nSPS) is 20.1. The van der Waals surface area contributed by atoms with Gasteiger partial charge in [0.1, 0.15) is 16.3 Å². The van der Waals surface area contributed by atoms with Crippen LogP contribution < -0.4 is 10.2 Å². The summed E-state index contributed by atoms with van der Waals surface area (Å²) in [4.78, 5) is 5.17. The number of aromatic amines is 1. The predicted molar refractivity (Wildman–Crippen MR) is 141 cm³/mol. The first-order valence-electron chi connectivity index (χ1n) is 13.1. The summed E-state index contributed by atoms with van der Waals surface area (Å²) in [6.07, 6.45) is 6.67. The third-order valence-corrected chi connectivity index (χ3v) is 6.49. The molecule has 0 bridgehead atoms. The number of hydrogen-bond acceptors (Lipinski definition) is 8. The van der Waals surface area contributed by atoms with E-state index in [0.717, 1.165) is 83.7 Å². The van der Waals surface area contributed by atoms with Crippen molar-refractivity contribution in [1.82, 2.24) is 10.3 Å². The quantitative estimate of drug-likeness (QED) is 0.306. The average Bonchev–Trinajstić information content (AvgIpc) is 2.89. The second kappa shape index (κ2) is 18.7. The minimum atomic E-state index is 0.486. The van der Waals surface area contributed by atoms with Crippen LogP contribution in [0, 0.1) is 27.8 Å². The van der Waals surface area contributed by atoms with Gasteiger partial charge in [-0.15, -0.1) is 0 Å². The van der Waals surface area contributed by atoms with Crippen molar-refractivity contribution in [2.75, 3.05) is 83.9 Å². The number of H-pyrrole nitrogens is 1. The van der Waals surface area contributed by atoms with Gasteiger partial charge >= 0.3 is 0 Å². The van der Waals surface area contributed by atoms with E-state index in [0.29, 0.717) is 29.3 Å². The molecule has 1 aromatic heterocycles. The molecule has 35 heavy (non-hydrogen) atoms. The summed E-state index contributed by atoms with van der Waals surface area (Å²) < 4.78 is 22.2. The molecule has 2 fully saturated rings. The Kier molecular flexibility index (Phi) is 15.9. The summed E-state index contributed by atoms with van der Waals surface area (Å²) in [6, 6.07) is 4.15. The molecule has 3 rings (SSSR count). The lowest BCUT2D eigenvalue weighted by Gasteiger charge is -2.34. The Morgan fingerprint density at radius 2 is 1.66 bits per heavy atom. The van der Waals surface area contributed by atoms with Gasteiger partial charge in [0, 0.05) is 39.0 Å². The average molecular weight is 509 g/mol. The van der Waals surface area contributed by atoms with Crippen molar-refractivity contribution >= 4 is 17.9 Å². The van der Waals surface area contributed by atoms with Crippen LogP contribution in [0.4, 0.5) is 5.69 Å². The summed E-state index contributed by atoms with van der Waals surface area (Å²) in [5.41, 5.74) is 1.50. The lowest BCUT2D eigenvalue weighted by atomic mass is 9.98. The molecular formula is C26H44N4O4S. The van der Waals surface area contributed by atoms with E-state index in [2.05, 4.69) is 21.3 Å². The number of anilines is 1. The topological polar surface area (TPSA) is 91.8 Å². The maximum atomic E-state index is 9.32. The molecule has 0 saturated carbocycles. The molecule has 0 aromatic carbocycles. The second-order valence-corrected chi connectivity index (χ2v) is 9.30. The molecule has 0 amide bonds. The van der Waals surface area contributed by atoms with Crippen molar-refractivity contribution in [2.24, 2.45) is 11.8 Å². The molecule has 0 aliphatic carbocycles. The fourth-order valence-electron chi connectivity index (χ4n) is 4.35. The summed E-state index contributed by atoms with van der Waals surface area (Å²) in [5.74, 6) is 1.20. The molecule has 3 heterocycles. The standard InChI is InChI=1S/C16H23N3O2S.C10H21NO2/c1-2-20-8-9-21-12-13-4-3-7-19(11-13)15-5-6-18-16(22)14(15)10-17;1-2-12-6-7-13-9-10-4-3-5-11-8-10/h5-6,13H,2-4,7-9,11-12H2,1H3,(H,18,22);10-11H,2-9H2,1H3. The highest BCUT2D eigenvalue weighted by Crippen LogP contribution is 2.26. The van der Waals surface area contributed by atoms with E-state index < -0.39 is 0 Å². The zero-order valence-electron chi connectivity index (χ0n) is 21.6. The van der Waals surface area contributed by atoms with Crippen molar-refractivity contribution in [3.63, 3.8) is 0 Å². The van der Waals surface area contributed by atoms with Crippen molar-refractivity contribution in [1.29, 1.82) is 5.26 Å². The van der Waals surface area contributed by atoms with Crippen LogP contribution in [0.2, 0.25) is 0 Å². The summed E-state index contributed by atoms with van der Waals surface area (Å²) in [5, 5.41) is 12.7. The van der Waals surface area contributed by atoms with Crippen molar-refractivity contribution in [3.8, 4) is 6.07 Å². The molecule has 1 aromatic rings. The molecule has 2 N–H and O–H groups in total. The minimum Gasteiger partial charge on any atom is -0.379 e. The fraction of sp³-hybridized carbons (Fsp3) is 0.769. The molecule has 8 nitrogen and oxygen atoms in total. The SMILES string of the molecule is CCOCCOCC1CCCN(c2cc[nH]c(=S)c2C#N)C1.CCOCCOCC1CCCNC1. The first-order chi connectivity index (χ1) is 17.2. The molecule has 2 aliphatic rings.